The lowest BCUT2D eigenvalue weighted by atomic mass is 9.84. The topological polar surface area (TPSA) is 58.9 Å². The quantitative estimate of drug-likeness (QED) is 0.627. The SMILES string of the molecule is Cc1cc(-c2cnn(C)c2)ccc1-c1nnc(N(C)C2CC(C)(C)CNC(C)(C)C2)s1. The van der Waals surface area contributed by atoms with E-state index >= 15 is 0 Å². The Morgan fingerprint density at radius 3 is 2.58 bits per heavy atom. The van der Waals surface area contributed by atoms with Crippen LogP contribution in [0.15, 0.2) is 30.6 Å². The van der Waals surface area contributed by atoms with Crippen LogP contribution in [0.2, 0.25) is 0 Å². The first-order valence-corrected chi connectivity index (χ1v) is 11.8. The van der Waals surface area contributed by atoms with Crippen LogP contribution in [0, 0.1) is 12.3 Å². The van der Waals surface area contributed by atoms with E-state index in [-0.39, 0.29) is 11.0 Å². The molecule has 6 nitrogen and oxygen atoms in total. The third-order valence-corrected chi connectivity index (χ3v) is 7.39. The third-order valence-electron chi connectivity index (χ3n) is 6.34. The van der Waals surface area contributed by atoms with Crippen molar-refractivity contribution in [3.8, 4) is 21.7 Å². The van der Waals surface area contributed by atoms with E-state index in [2.05, 4.69) is 85.4 Å². The second-order valence-corrected chi connectivity index (χ2v) is 11.4. The van der Waals surface area contributed by atoms with E-state index in [1.54, 1.807) is 11.3 Å². The van der Waals surface area contributed by atoms with Gasteiger partial charge in [-0.25, -0.2) is 0 Å². The van der Waals surface area contributed by atoms with Crippen LogP contribution in [0.3, 0.4) is 0 Å². The van der Waals surface area contributed by atoms with Gasteiger partial charge >= 0.3 is 0 Å². The lowest BCUT2D eigenvalue weighted by molar-refractivity contribution is 0.306. The van der Waals surface area contributed by atoms with E-state index in [0.717, 1.165) is 40.7 Å². The van der Waals surface area contributed by atoms with Crippen molar-refractivity contribution in [2.45, 2.75) is 59.0 Å². The molecule has 3 heterocycles. The fourth-order valence-electron chi connectivity index (χ4n) is 4.47. The van der Waals surface area contributed by atoms with Gasteiger partial charge in [-0.1, -0.05) is 43.4 Å². The molecule has 0 amide bonds. The summed E-state index contributed by atoms with van der Waals surface area (Å²) in [6.45, 7) is 12.5. The highest BCUT2D eigenvalue weighted by atomic mass is 32.1. The number of nitrogens with zero attached hydrogens (tertiary/aromatic N) is 5. The average molecular weight is 439 g/mol. The molecule has 1 atom stereocenters. The fraction of sp³-hybridized carbons (Fsp3) is 0.542. The number of hydrogen-bond donors (Lipinski definition) is 1. The average Bonchev–Trinajstić information content (AvgIpc) is 3.32. The normalized spacial score (nSPS) is 20.4. The van der Waals surface area contributed by atoms with Gasteiger partial charge in [-0.15, -0.1) is 10.2 Å². The monoisotopic (exact) mass is 438 g/mol. The van der Waals surface area contributed by atoms with Crippen molar-refractivity contribution in [3.63, 3.8) is 0 Å². The molecule has 1 fully saturated rings. The number of aromatic nitrogens is 4. The minimum Gasteiger partial charge on any atom is -0.347 e. The van der Waals surface area contributed by atoms with Crippen molar-refractivity contribution in [2.75, 3.05) is 18.5 Å². The van der Waals surface area contributed by atoms with Gasteiger partial charge in [0.2, 0.25) is 5.13 Å². The molecular formula is C24H34N6S. The summed E-state index contributed by atoms with van der Waals surface area (Å²) >= 11 is 1.68. The first kappa shape index (κ1) is 22.0. The Morgan fingerprint density at radius 1 is 1.13 bits per heavy atom. The van der Waals surface area contributed by atoms with Crippen molar-refractivity contribution >= 4 is 16.5 Å². The third kappa shape index (κ3) is 4.83. The molecule has 166 valence electrons. The number of anilines is 1. The van der Waals surface area contributed by atoms with Crippen LogP contribution in [-0.2, 0) is 7.05 Å². The Labute approximate surface area is 189 Å². The highest BCUT2D eigenvalue weighted by Gasteiger charge is 2.36. The molecule has 1 aliphatic rings. The molecule has 0 aliphatic carbocycles. The Hall–Kier alpha value is -2.25. The molecule has 1 unspecified atom stereocenters. The molecule has 1 aliphatic heterocycles. The van der Waals surface area contributed by atoms with Crippen molar-refractivity contribution in [3.05, 3.63) is 36.2 Å². The zero-order chi connectivity index (χ0) is 22.4. The summed E-state index contributed by atoms with van der Waals surface area (Å²) < 4.78 is 1.83. The number of rotatable bonds is 4. The number of aryl methyl sites for hydroxylation is 2. The lowest BCUT2D eigenvalue weighted by Crippen LogP contribution is -2.44. The molecule has 0 spiro atoms. The minimum atomic E-state index is 0.110. The molecule has 1 N–H and O–H groups in total. The van der Waals surface area contributed by atoms with Crippen LogP contribution in [0.1, 0.15) is 46.1 Å². The summed E-state index contributed by atoms with van der Waals surface area (Å²) in [5.74, 6) is 0. The molecule has 1 aromatic carbocycles. The van der Waals surface area contributed by atoms with Crippen LogP contribution in [0.4, 0.5) is 5.13 Å². The summed E-state index contributed by atoms with van der Waals surface area (Å²) in [5, 5.41) is 19.1. The van der Waals surface area contributed by atoms with E-state index in [0.29, 0.717) is 6.04 Å². The van der Waals surface area contributed by atoms with Gasteiger partial charge in [-0.3, -0.25) is 4.68 Å². The number of nitrogens with one attached hydrogen (secondary N) is 1. The van der Waals surface area contributed by atoms with Gasteiger partial charge in [0, 0.05) is 49.5 Å². The summed E-state index contributed by atoms with van der Waals surface area (Å²) in [7, 11) is 4.11. The molecule has 0 bridgehead atoms. The molecule has 31 heavy (non-hydrogen) atoms. The van der Waals surface area contributed by atoms with E-state index < -0.39 is 0 Å². The van der Waals surface area contributed by atoms with Crippen LogP contribution in [-0.4, -0.2) is 45.2 Å². The highest BCUT2D eigenvalue weighted by molar-refractivity contribution is 7.18. The Morgan fingerprint density at radius 2 is 1.90 bits per heavy atom. The summed E-state index contributed by atoms with van der Waals surface area (Å²) in [6.07, 6.45) is 6.16. The Bertz CT molecular complexity index is 1050. The maximum absolute atomic E-state index is 4.58. The molecular weight excluding hydrogens is 404 g/mol. The van der Waals surface area contributed by atoms with E-state index in [1.807, 2.05) is 24.1 Å². The predicted octanol–water partition coefficient (Wildman–Crippen LogP) is 4.91. The van der Waals surface area contributed by atoms with Crippen molar-refractivity contribution in [1.82, 2.24) is 25.3 Å². The van der Waals surface area contributed by atoms with Crippen LogP contribution in [0.25, 0.3) is 21.7 Å². The molecule has 2 aromatic heterocycles. The smallest absolute Gasteiger partial charge is 0.208 e. The second-order valence-electron chi connectivity index (χ2n) is 10.4. The molecule has 4 rings (SSSR count). The van der Waals surface area contributed by atoms with Crippen LogP contribution in [0.5, 0.6) is 0 Å². The standard InChI is InChI=1S/C24H34N6S/c1-16-10-17(18-13-26-29(6)14-18)8-9-20(16)21-27-28-22(31-21)30(7)19-11-23(2,3)15-25-24(4,5)12-19/h8-10,13-14,19,25H,11-12,15H2,1-7H3. The lowest BCUT2D eigenvalue weighted by Gasteiger charge is -2.33. The molecule has 7 heteroatoms. The summed E-state index contributed by atoms with van der Waals surface area (Å²) in [5.41, 5.74) is 5.01. The summed E-state index contributed by atoms with van der Waals surface area (Å²) in [4.78, 5) is 2.34. The second kappa shape index (κ2) is 8.02. The van der Waals surface area contributed by atoms with E-state index in [4.69, 9.17) is 0 Å². The highest BCUT2D eigenvalue weighted by Crippen LogP contribution is 2.37. The van der Waals surface area contributed by atoms with Gasteiger partial charge in [0.25, 0.3) is 0 Å². The van der Waals surface area contributed by atoms with Crippen molar-refractivity contribution in [2.24, 2.45) is 12.5 Å². The van der Waals surface area contributed by atoms with Gasteiger partial charge in [0.1, 0.15) is 5.01 Å². The summed E-state index contributed by atoms with van der Waals surface area (Å²) in [6, 6.07) is 6.93. The largest absolute Gasteiger partial charge is 0.347 e. The predicted molar refractivity (Wildman–Crippen MR) is 130 cm³/mol. The van der Waals surface area contributed by atoms with Crippen LogP contribution < -0.4 is 10.2 Å². The maximum Gasteiger partial charge on any atom is 0.208 e. The molecule has 0 radical (unpaired) electrons. The molecule has 1 saturated heterocycles. The van der Waals surface area contributed by atoms with E-state index in [9.17, 15) is 0 Å². The Balaban J connectivity index is 1.57. The number of hydrogen-bond acceptors (Lipinski definition) is 6. The van der Waals surface area contributed by atoms with Gasteiger partial charge in [-0.2, -0.15) is 5.10 Å². The Kier molecular flexibility index (Phi) is 5.68. The minimum absolute atomic E-state index is 0.110. The van der Waals surface area contributed by atoms with Gasteiger partial charge in [-0.05, 0) is 50.2 Å². The van der Waals surface area contributed by atoms with Gasteiger partial charge < -0.3 is 10.2 Å². The molecule has 0 saturated carbocycles. The molecule has 3 aromatic rings. The van der Waals surface area contributed by atoms with Crippen LogP contribution >= 0.6 is 11.3 Å². The van der Waals surface area contributed by atoms with Gasteiger partial charge in [0.15, 0.2) is 0 Å². The zero-order valence-corrected chi connectivity index (χ0v) is 20.5. The van der Waals surface area contributed by atoms with Crippen molar-refractivity contribution < 1.29 is 0 Å². The van der Waals surface area contributed by atoms with Gasteiger partial charge in [0.05, 0.1) is 6.20 Å². The van der Waals surface area contributed by atoms with Crippen molar-refractivity contribution in [1.29, 1.82) is 0 Å². The number of benzene rings is 1. The first-order chi connectivity index (χ1) is 14.5. The van der Waals surface area contributed by atoms with E-state index in [1.165, 1.54) is 11.1 Å². The zero-order valence-electron chi connectivity index (χ0n) is 19.7. The fourth-order valence-corrected chi connectivity index (χ4v) is 5.44. The first-order valence-electron chi connectivity index (χ1n) is 10.9. The maximum atomic E-state index is 4.58.